The number of piperidine rings is 1. The molecule has 1 aliphatic rings. The predicted molar refractivity (Wildman–Crippen MR) is 111 cm³/mol. The number of hydrogen-bond donors (Lipinski definition) is 1. The summed E-state index contributed by atoms with van der Waals surface area (Å²) >= 11 is 0. The van der Waals surface area contributed by atoms with E-state index in [9.17, 15) is 9.59 Å². The molecule has 1 unspecified atom stereocenters. The fourth-order valence-electron chi connectivity index (χ4n) is 3.55. The van der Waals surface area contributed by atoms with Gasteiger partial charge in [0.05, 0.1) is 24.3 Å². The van der Waals surface area contributed by atoms with Crippen molar-refractivity contribution in [1.29, 1.82) is 0 Å². The van der Waals surface area contributed by atoms with Crippen LogP contribution in [0.1, 0.15) is 23.2 Å². The molecule has 0 spiro atoms. The lowest BCUT2D eigenvalue weighted by molar-refractivity contribution is -0.120. The van der Waals surface area contributed by atoms with Crippen LogP contribution in [0, 0.1) is 5.92 Å². The summed E-state index contributed by atoms with van der Waals surface area (Å²) in [5.41, 5.74) is 0.787. The summed E-state index contributed by atoms with van der Waals surface area (Å²) in [5.74, 6) is 0.583. The molecule has 3 aromatic rings. The van der Waals surface area contributed by atoms with Crippen molar-refractivity contribution in [1.82, 2.24) is 19.7 Å². The Labute approximate surface area is 173 Å². The molecule has 1 aromatic carbocycles. The lowest BCUT2D eigenvalue weighted by Crippen LogP contribution is -2.41. The molecule has 0 saturated carbocycles. The third-order valence-corrected chi connectivity index (χ3v) is 5.08. The van der Waals surface area contributed by atoms with Crippen molar-refractivity contribution < 1.29 is 14.3 Å². The topological polar surface area (TPSA) is 102 Å². The Morgan fingerprint density at radius 1 is 1.17 bits per heavy atom. The average Bonchev–Trinajstić information content (AvgIpc) is 3.34. The van der Waals surface area contributed by atoms with Gasteiger partial charge in [-0.1, -0.05) is 12.1 Å². The smallest absolute Gasteiger partial charge is 0.339 e. The average molecular weight is 406 g/mol. The highest BCUT2D eigenvalue weighted by molar-refractivity contribution is 6.02. The van der Waals surface area contributed by atoms with Crippen molar-refractivity contribution >= 4 is 23.4 Å². The zero-order valence-corrected chi connectivity index (χ0v) is 16.6. The van der Waals surface area contributed by atoms with Gasteiger partial charge in [-0.25, -0.2) is 19.4 Å². The monoisotopic (exact) mass is 406 g/mol. The van der Waals surface area contributed by atoms with E-state index in [4.69, 9.17) is 4.74 Å². The van der Waals surface area contributed by atoms with E-state index < -0.39 is 5.97 Å². The van der Waals surface area contributed by atoms with Gasteiger partial charge < -0.3 is 15.0 Å². The number of esters is 1. The van der Waals surface area contributed by atoms with Crippen LogP contribution in [0.2, 0.25) is 0 Å². The van der Waals surface area contributed by atoms with Crippen molar-refractivity contribution in [3.05, 3.63) is 60.7 Å². The summed E-state index contributed by atoms with van der Waals surface area (Å²) in [5, 5.41) is 7.09. The van der Waals surface area contributed by atoms with E-state index in [0.717, 1.165) is 25.2 Å². The van der Waals surface area contributed by atoms with Gasteiger partial charge in [0.15, 0.2) is 5.82 Å². The van der Waals surface area contributed by atoms with Gasteiger partial charge in [-0.3, -0.25) is 4.79 Å². The number of carbonyl (C=O) groups is 2. The Balaban J connectivity index is 1.48. The van der Waals surface area contributed by atoms with Gasteiger partial charge in [0.1, 0.15) is 12.1 Å². The minimum atomic E-state index is -0.483. The summed E-state index contributed by atoms with van der Waals surface area (Å²) in [6.45, 7) is 1.33. The van der Waals surface area contributed by atoms with Crippen molar-refractivity contribution in [2.24, 2.45) is 5.92 Å². The minimum absolute atomic E-state index is 0.127. The molecule has 9 nitrogen and oxygen atoms in total. The molecule has 1 fully saturated rings. The molecule has 1 atom stereocenters. The quantitative estimate of drug-likeness (QED) is 0.649. The van der Waals surface area contributed by atoms with E-state index in [1.165, 1.54) is 13.4 Å². The number of para-hydroxylation sites is 1. The van der Waals surface area contributed by atoms with Gasteiger partial charge in [-0.05, 0) is 31.0 Å². The lowest BCUT2D eigenvalue weighted by Gasteiger charge is -2.33. The molecule has 2 aromatic heterocycles. The first kappa shape index (κ1) is 19.6. The highest BCUT2D eigenvalue weighted by Crippen LogP contribution is 2.24. The first-order valence-electron chi connectivity index (χ1n) is 9.71. The van der Waals surface area contributed by atoms with E-state index in [1.54, 1.807) is 35.1 Å². The maximum absolute atomic E-state index is 12.9. The molecule has 3 heterocycles. The van der Waals surface area contributed by atoms with Crippen LogP contribution in [0.15, 0.2) is 55.1 Å². The van der Waals surface area contributed by atoms with Crippen LogP contribution in [-0.2, 0) is 9.53 Å². The predicted octanol–water partition coefficient (Wildman–Crippen LogP) is 2.30. The standard InChI is InChI=1S/C21H22N6O3/c1-30-21(29)16-7-2-3-8-17(16)25-20(28)15-6-4-10-26(13-15)18-12-19(23-14-22-18)27-11-5-9-24-27/h2-3,5,7-9,11-12,14-15H,4,6,10,13H2,1H3,(H,25,28). The van der Waals surface area contributed by atoms with Gasteiger partial charge >= 0.3 is 5.97 Å². The Morgan fingerprint density at radius 2 is 2.00 bits per heavy atom. The van der Waals surface area contributed by atoms with Crippen LogP contribution in [0.3, 0.4) is 0 Å². The maximum Gasteiger partial charge on any atom is 0.339 e. The summed E-state index contributed by atoms with van der Waals surface area (Å²) in [6.07, 6.45) is 6.63. The van der Waals surface area contributed by atoms with E-state index in [1.807, 2.05) is 18.3 Å². The van der Waals surface area contributed by atoms with Crippen LogP contribution in [0.5, 0.6) is 0 Å². The highest BCUT2D eigenvalue weighted by Gasteiger charge is 2.27. The normalized spacial score (nSPS) is 16.2. The van der Waals surface area contributed by atoms with Crippen LogP contribution < -0.4 is 10.2 Å². The second-order valence-corrected chi connectivity index (χ2v) is 7.00. The van der Waals surface area contributed by atoms with Crippen LogP contribution >= 0.6 is 0 Å². The Hall–Kier alpha value is -3.75. The van der Waals surface area contributed by atoms with Crippen LogP contribution in [0.4, 0.5) is 11.5 Å². The summed E-state index contributed by atoms with van der Waals surface area (Å²) < 4.78 is 6.47. The molecule has 1 saturated heterocycles. The highest BCUT2D eigenvalue weighted by atomic mass is 16.5. The second-order valence-electron chi connectivity index (χ2n) is 7.00. The number of nitrogens with one attached hydrogen (secondary N) is 1. The third kappa shape index (κ3) is 4.14. The number of carbonyl (C=O) groups excluding carboxylic acids is 2. The van der Waals surface area contributed by atoms with Crippen molar-refractivity contribution in [3.8, 4) is 5.82 Å². The first-order valence-corrected chi connectivity index (χ1v) is 9.71. The zero-order chi connectivity index (χ0) is 20.9. The molecule has 0 radical (unpaired) electrons. The summed E-state index contributed by atoms with van der Waals surface area (Å²) in [7, 11) is 1.32. The first-order chi connectivity index (χ1) is 14.7. The molecule has 1 amide bonds. The fraction of sp³-hybridized carbons (Fsp3) is 0.286. The maximum atomic E-state index is 12.9. The third-order valence-electron chi connectivity index (χ3n) is 5.08. The van der Waals surface area contributed by atoms with E-state index in [0.29, 0.717) is 23.6 Å². The largest absolute Gasteiger partial charge is 0.465 e. The lowest BCUT2D eigenvalue weighted by atomic mass is 9.96. The number of ether oxygens (including phenoxy) is 1. The molecule has 154 valence electrons. The van der Waals surface area contributed by atoms with Crippen molar-refractivity contribution in [2.75, 3.05) is 30.4 Å². The van der Waals surface area contributed by atoms with Gasteiger partial charge in [-0.2, -0.15) is 5.10 Å². The molecule has 1 aliphatic heterocycles. The summed E-state index contributed by atoms with van der Waals surface area (Å²) in [4.78, 5) is 35.6. The minimum Gasteiger partial charge on any atom is -0.465 e. The zero-order valence-electron chi connectivity index (χ0n) is 16.6. The van der Waals surface area contributed by atoms with Crippen LogP contribution in [-0.4, -0.2) is 51.8 Å². The second kappa shape index (κ2) is 8.73. The Morgan fingerprint density at radius 3 is 2.80 bits per heavy atom. The number of rotatable bonds is 5. The molecule has 0 aliphatic carbocycles. The van der Waals surface area contributed by atoms with E-state index in [2.05, 4.69) is 25.3 Å². The van der Waals surface area contributed by atoms with Crippen molar-refractivity contribution in [2.45, 2.75) is 12.8 Å². The number of benzene rings is 1. The molecule has 4 rings (SSSR count). The SMILES string of the molecule is COC(=O)c1ccccc1NC(=O)C1CCCN(c2cc(-n3cccn3)ncn2)C1. The van der Waals surface area contributed by atoms with E-state index in [-0.39, 0.29) is 11.8 Å². The number of nitrogens with zero attached hydrogens (tertiary/aromatic N) is 5. The molecular weight excluding hydrogens is 384 g/mol. The number of hydrogen-bond acceptors (Lipinski definition) is 7. The number of anilines is 2. The molecule has 9 heteroatoms. The van der Waals surface area contributed by atoms with Gasteiger partial charge in [0, 0.05) is 31.5 Å². The molecule has 0 bridgehead atoms. The van der Waals surface area contributed by atoms with E-state index >= 15 is 0 Å². The molecular formula is C21H22N6O3. The van der Waals surface area contributed by atoms with Crippen LogP contribution in [0.25, 0.3) is 5.82 Å². The Bertz CT molecular complexity index is 1040. The number of methoxy groups -OCH3 is 1. The fourth-order valence-corrected chi connectivity index (χ4v) is 3.55. The Kier molecular flexibility index (Phi) is 5.69. The van der Waals surface area contributed by atoms with Gasteiger partial charge in [0.2, 0.25) is 5.91 Å². The van der Waals surface area contributed by atoms with Crippen molar-refractivity contribution in [3.63, 3.8) is 0 Å². The van der Waals surface area contributed by atoms with Gasteiger partial charge in [0.25, 0.3) is 0 Å². The summed E-state index contributed by atoms with van der Waals surface area (Å²) in [6, 6.07) is 10.5. The number of amides is 1. The van der Waals surface area contributed by atoms with Gasteiger partial charge in [-0.15, -0.1) is 0 Å². The number of aromatic nitrogens is 4. The molecule has 1 N–H and O–H groups in total. The molecule has 30 heavy (non-hydrogen) atoms.